The van der Waals surface area contributed by atoms with E-state index in [4.69, 9.17) is 20.8 Å². The molecule has 31 heavy (non-hydrogen) atoms. The van der Waals surface area contributed by atoms with Crippen molar-refractivity contribution in [3.05, 3.63) is 71.2 Å². The van der Waals surface area contributed by atoms with E-state index in [2.05, 4.69) is 25.1 Å². The van der Waals surface area contributed by atoms with E-state index in [1.54, 1.807) is 13.3 Å². The van der Waals surface area contributed by atoms with Gasteiger partial charge in [0, 0.05) is 37.4 Å². The third-order valence-corrected chi connectivity index (χ3v) is 5.39. The van der Waals surface area contributed by atoms with Crippen LogP contribution in [0.4, 0.5) is 5.69 Å². The summed E-state index contributed by atoms with van der Waals surface area (Å²) in [5, 5.41) is 3.49. The molecule has 1 amide bonds. The van der Waals surface area contributed by atoms with Gasteiger partial charge in [0.05, 0.1) is 31.6 Å². The first-order chi connectivity index (χ1) is 15.1. The molecule has 1 aliphatic rings. The van der Waals surface area contributed by atoms with E-state index in [1.807, 2.05) is 36.4 Å². The maximum absolute atomic E-state index is 12.3. The standard InChI is InChI=1S/C22H24ClN5O3/c1-30-20-6-5-16(23)12-19(20)28-10-8-27(9-11-28)14-21-26-18(15-31-21)22(29)25-13-17-4-2-3-7-24-17/h2-7,12,15H,8-11,13-14H2,1H3,(H,25,29). The first-order valence-corrected chi connectivity index (χ1v) is 10.4. The molecule has 4 rings (SSSR count). The number of methoxy groups -OCH3 is 1. The van der Waals surface area contributed by atoms with E-state index in [-0.39, 0.29) is 11.6 Å². The number of anilines is 1. The quantitative estimate of drug-likeness (QED) is 0.603. The lowest BCUT2D eigenvalue weighted by molar-refractivity contribution is 0.0945. The highest BCUT2D eigenvalue weighted by Crippen LogP contribution is 2.32. The highest BCUT2D eigenvalue weighted by Gasteiger charge is 2.22. The molecule has 9 heteroatoms. The summed E-state index contributed by atoms with van der Waals surface area (Å²) in [5.74, 6) is 1.06. The molecule has 3 heterocycles. The Labute approximate surface area is 185 Å². The SMILES string of the molecule is COc1ccc(Cl)cc1N1CCN(Cc2nc(C(=O)NCc3ccccn3)co2)CC1. The third kappa shape index (κ3) is 5.34. The van der Waals surface area contributed by atoms with Crippen molar-refractivity contribution in [3.8, 4) is 5.75 Å². The van der Waals surface area contributed by atoms with Gasteiger partial charge in [0.25, 0.3) is 5.91 Å². The van der Waals surface area contributed by atoms with Gasteiger partial charge in [-0.1, -0.05) is 17.7 Å². The minimum absolute atomic E-state index is 0.272. The molecule has 162 valence electrons. The van der Waals surface area contributed by atoms with Crippen molar-refractivity contribution in [2.75, 3.05) is 38.2 Å². The number of carbonyl (C=O) groups is 1. The van der Waals surface area contributed by atoms with Gasteiger partial charge < -0.3 is 19.4 Å². The maximum atomic E-state index is 12.3. The van der Waals surface area contributed by atoms with Gasteiger partial charge in [-0.2, -0.15) is 0 Å². The molecular weight excluding hydrogens is 418 g/mol. The molecule has 0 radical (unpaired) electrons. The van der Waals surface area contributed by atoms with Crippen LogP contribution in [-0.4, -0.2) is 54.1 Å². The van der Waals surface area contributed by atoms with Crippen molar-refractivity contribution in [1.82, 2.24) is 20.2 Å². The molecule has 1 saturated heterocycles. The molecule has 0 aliphatic carbocycles. The van der Waals surface area contributed by atoms with Crippen LogP contribution in [0, 0.1) is 0 Å². The number of piperazine rings is 1. The average molecular weight is 442 g/mol. The van der Waals surface area contributed by atoms with E-state index in [0.717, 1.165) is 43.3 Å². The Kier molecular flexibility index (Phi) is 6.69. The molecule has 3 aromatic rings. The van der Waals surface area contributed by atoms with Crippen molar-refractivity contribution in [1.29, 1.82) is 0 Å². The van der Waals surface area contributed by atoms with Crippen LogP contribution < -0.4 is 15.0 Å². The Morgan fingerprint density at radius 2 is 2.06 bits per heavy atom. The molecular formula is C22H24ClN5O3. The Balaban J connectivity index is 1.29. The van der Waals surface area contributed by atoms with Gasteiger partial charge in [-0.25, -0.2) is 4.98 Å². The molecule has 1 aromatic carbocycles. The number of ether oxygens (including phenoxy) is 1. The molecule has 0 spiro atoms. The van der Waals surface area contributed by atoms with Crippen LogP contribution in [0.2, 0.25) is 5.02 Å². The second-order valence-electron chi connectivity index (χ2n) is 7.21. The summed E-state index contributed by atoms with van der Waals surface area (Å²) in [7, 11) is 1.66. The Morgan fingerprint density at radius 3 is 2.81 bits per heavy atom. The summed E-state index contributed by atoms with van der Waals surface area (Å²) in [6.07, 6.45) is 3.09. The number of nitrogens with one attached hydrogen (secondary N) is 1. The zero-order valence-electron chi connectivity index (χ0n) is 17.3. The van der Waals surface area contributed by atoms with E-state index >= 15 is 0 Å². The fraction of sp³-hybridized carbons (Fsp3) is 0.318. The van der Waals surface area contributed by atoms with Crippen molar-refractivity contribution >= 4 is 23.2 Å². The number of benzene rings is 1. The number of carbonyl (C=O) groups excluding carboxylic acids is 1. The van der Waals surface area contributed by atoms with Crippen LogP contribution in [0.1, 0.15) is 22.1 Å². The molecule has 1 aliphatic heterocycles. The molecule has 0 unspecified atom stereocenters. The van der Waals surface area contributed by atoms with Gasteiger partial charge in [-0.3, -0.25) is 14.7 Å². The first kappa shape index (κ1) is 21.1. The summed E-state index contributed by atoms with van der Waals surface area (Å²) in [5.41, 5.74) is 2.06. The van der Waals surface area contributed by atoms with Crippen LogP contribution in [0.5, 0.6) is 5.75 Å². The summed E-state index contributed by atoms with van der Waals surface area (Å²) >= 11 is 6.16. The summed E-state index contributed by atoms with van der Waals surface area (Å²) in [6, 6.07) is 11.2. The van der Waals surface area contributed by atoms with Crippen LogP contribution in [0.3, 0.4) is 0 Å². The van der Waals surface area contributed by atoms with Crippen LogP contribution >= 0.6 is 11.6 Å². The van der Waals surface area contributed by atoms with Crippen molar-refractivity contribution < 1.29 is 13.9 Å². The van der Waals surface area contributed by atoms with Gasteiger partial charge >= 0.3 is 0 Å². The monoisotopic (exact) mass is 441 g/mol. The number of hydrogen-bond acceptors (Lipinski definition) is 7. The predicted molar refractivity (Wildman–Crippen MR) is 117 cm³/mol. The fourth-order valence-electron chi connectivity index (χ4n) is 3.50. The van der Waals surface area contributed by atoms with E-state index in [1.165, 1.54) is 6.26 Å². The largest absolute Gasteiger partial charge is 0.495 e. The maximum Gasteiger partial charge on any atom is 0.273 e. The van der Waals surface area contributed by atoms with E-state index in [9.17, 15) is 4.79 Å². The zero-order chi connectivity index (χ0) is 21.6. The Bertz CT molecular complexity index is 1020. The number of nitrogens with zero attached hydrogens (tertiary/aromatic N) is 4. The summed E-state index contributed by atoms with van der Waals surface area (Å²) < 4.78 is 11.0. The molecule has 0 saturated carbocycles. The predicted octanol–water partition coefficient (Wildman–Crippen LogP) is 2.98. The van der Waals surface area contributed by atoms with Crippen molar-refractivity contribution in [2.24, 2.45) is 0 Å². The summed E-state index contributed by atoms with van der Waals surface area (Å²) in [4.78, 5) is 25.3. The van der Waals surface area contributed by atoms with Gasteiger partial charge in [-0.05, 0) is 30.3 Å². The molecule has 8 nitrogen and oxygen atoms in total. The van der Waals surface area contributed by atoms with Gasteiger partial charge in [0.1, 0.15) is 12.0 Å². The molecule has 1 N–H and O–H groups in total. The topological polar surface area (TPSA) is 83.7 Å². The van der Waals surface area contributed by atoms with E-state index in [0.29, 0.717) is 24.0 Å². The van der Waals surface area contributed by atoms with Crippen LogP contribution in [0.15, 0.2) is 53.3 Å². The first-order valence-electron chi connectivity index (χ1n) is 10.1. The second kappa shape index (κ2) is 9.80. The third-order valence-electron chi connectivity index (χ3n) is 5.15. The Morgan fingerprint density at radius 1 is 1.23 bits per heavy atom. The number of hydrogen-bond donors (Lipinski definition) is 1. The highest BCUT2D eigenvalue weighted by atomic mass is 35.5. The smallest absolute Gasteiger partial charge is 0.273 e. The molecule has 0 bridgehead atoms. The van der Waals surface area contributed by atoms with Crippen molar-refractivity contribution in [2.45, 2.75) is 13.1 Å². The number of halogens is 1. The molecule has 1 fully saturated rings. The van der Waals surface area contributed by atoms with Crippen LogP contribution in [0.25, 0.3) is 0 Å². The fourth-order valence-corrected chi connectivity index (χ4v) is 3.67. The summed E-state index contributed by atoms with van der Waals surface area (Å²) in [6.45, 7) is 4.22. The number of pyridine rings is 1. The minimum Gasteiger partial charge on any atom is -0.495 e. The average Bonchev–Trinajstić information content (AvgIpc) is 3.27. The number of oxazole rings is 1. The molecule has 2 aromatic heterocycles. The second-order valence-corrected chi connectivity index (χ2v) is 7.65. The minimum atomic E-state index is -0.279. The van der Waals surface area contributed by atoms with Gasteiger partial charge in [0.2, 0.25) is 5.89 Å². The van der Waals surface area contributed by atoms with Gasteiger partial charge in [0.15, 0.2) is 5.69 Å². The van der Waals surface area contributed by atoms with Gasteiger partial charge in [-0.15, -0.1) is 0 Å². The highest BCUT2D eigenvalue weighted by molar-refractivity contribution is 6.30. The van der Waals surface area contributed by atoms with Crippen LogP contribution in [-0.2, 0) is 13.1 Å². The number of aromatic nitrogens is 2. The lowest BCUT2D eigenvalue weighted by atomic mass is 10.2. The zero-order valence-corrected chi connectivity index (χ0v) is 18.0. The lowest BCUT2D eigenvalue weighted by Crippen LogP contribution is -2.46. The molecule has 0 atom stereocenters. The number of rotatable bonds is 7. The lowest BCUT2D eigenvalue weighted by Gasteiger charge is -2.36. The Hall–Kier alpha value is -3.10. The normalized spacial score (nSPS) is 14.5. The number of amides is 1. The van der Waals surface area contributed by atoms with Crippen molar-refractivity contribution in [3.63, 3.8) is 0 Å². The van der Waals surface area contributed by atoms with E-state index < -0.39 is 0 Å².